The number of carbonyl (C=O) groups is 2. The van der Waals surface area contributed by atoms with Crippen molar-refractivity contribution in [2.24, 2.45) is 0 Å². The number of ketones is 1. The number of ether oxygens (including phenoxy) is 1. The molecule has 2 unspecified atom stereocenters. The van der Waals surface area contributed by atoms with E-state index >= 15 is 0 Å². The lowest BCUT2D eigenvalue weighted by atomic mass is 9.94. The van der Waals surface area contributed by atoms with Crippen LogP contribution in [0.4, 0.5) is 4.79 Å². The summed E-state index contributed by atoms with van der Waals surface area (Å²) in [6, 6.07) is 24.2. The molecule has 1 aliphatic rings. The molecule has 3 aromatic carbocycles. The van der Waals surface area contributed by atoms with Crippen LogP contribution < -0.4 is 5.32 Å². The molecule has 4 rings (SSSR count). The van der Waals surface area contributed by atoms with E-state index in [1.807, 2.05) is 36.4 Å². The summed E-state index contributed by atoms with van der Waals surface area (Å²) in [7, 11) is 0. The fraction of sp³-hybridized carbons (Fsp3) is 0.250. The van der Waals surface area contributed by atoms with E-state index < -0.39 is 24.1 Å². The number of amides is 1. The minimum atomic E-state index is -1.34. The van der Waals surface area contributed by atoms with Gasteiger partial charge in [-0.05, 0) is 34.2 Å². The van der Waals surface area contributed by atoms with Crippen molar-refractivity contribution in [2.45, 2.75) is 31.0 Å². The number of benzene rings is 3. The lowest BCUT2D eigenvalue weighted by Crippen LogP contribution is -2.31. The maximum atomic E-state index is 12.3. The molecule has 3 N–H and O–H groups in total. The largest absolute Gasteiger partial charge is 0.449 e. The summed E-state index contributed by atoms with van der Waals surface area (Å²) < 4.78 is 5.47. The molecule has 0 saturated carbocycles. The summed E-state index contributed by atoms with van der Waals surface area (Å²) >= 11 is 0. The molecule has 7 nitrogen and oxygen atoms in total. The van der Waals surface area contributed by atoms with E-state index in [0.29, 0.717) is 0 Å². The Kier molecular flexibility index (Phi) is 7.56. The van der Waals surface area contributed by atoms with Crippen LogP contribution in [0.2, 0.25) is 0 Å². The van der Waals surface area contributed by atoms with Gasteiger partial charge in [0.05, 0.1) is 18.6 Å². The summed E-state index contributed by atoms with van der Waals surface area (Å²) in [4.78, 5) is 24.4. The van der Waals surface area contributed by atoms with Crippen molar-refractivity contribution in [1.82, 2.24) is 5.32 Å². The van der Waals surface area contributed by atoms with Gasteiger partial charge in [-0.25, -0.2) is 4.79 Å². The van der Waals surface area contributed by atoms with E-state index in [1.54, 1.807) is 18.2 Å². The highest BCUT2D eigenvalue weighted by Crippen LogP contribution is 2.44. The molecule has 3 aromatic rings. The summed E-state index contributed by atoms with van der Waals surface area (Å²) in [6.45, 7) is 0.253. The predicted octanol–water partition coefficient (Wildman–Crippen LogP) is 4.11. The van der Waals surface area contributed by atoms with Crippen LogP contribution in [0.3, 0.4) is 0 Å². The standard InChI is InChI=1S/C28H26N2O5/c29-15-13-25(31)22-11-5-6-12-23(22)27(33)26(32)14-16-30-28(34)35-17-24-20-9-3-1-7-18(20)19-8-2-4-10-21(19)24/h1-12,24,26-27,32-33H,13-14,16-17H2,(H,30,34). The van der Waals surface area contributed by atoms with Crippen molar-refractivity contribution in [3.05, 3.63) is 95.1 Å². The molecule has 0 heterocycles. The van der Waals surface area contributed by atoms with Crippen LogP contribution in [0, 0.1) is 11.3 Å². The van der Waals surface area contributed by atoms with Crippen LogP contribution in [0.15, 0.2) is 72.8 Å². The van der Waals surface area contributed by atoms with Gasteiger partial charge in [-0.1, -0.05) is 72.8 Å². The number of fused-ring (bicyclic) bond motifs is 3. The number of nitrogens with one attached hydrogen (secondary N) is 1. The van der Waals surface area contributed by atoms with E-state index in [-0.39, 0.29) is 43.0 Å². The minimum absolute atomic E-state index is 0.0478. The third-order valence-electron chi connectivity index (χ3n) is 6.24. The molecule has 1 aliphatic carbocycles. The molecular weight excluding hydrogens is 444 g/mol. The zero-order valence-electron chi connectivity index (χ0n) is 19.1. The van der Waals surface area contributed by atoms with Crippen molar-refractivity contribution >= 4 is 11.9 Å². The fourth-order valence-corrected chi connectivity index (χ4v) is 4.51. The van der Waals surface area contributed by atoms with Crippen molar-refractivity contribution in [3.8, 4) is 17.2 Å². The van der Waals surface area contributed by atoms with E-state index in [0.717, 1.165) is 22.3 Å². The Morgan fingerprint density at radius 3 is 2.20 bits per heavy atom. The lowest BCUT2D eigenvalue weighted by Gasteiger charge is -2.20. The van der Waals surface area contributed by atoms with Crippen LogP contribution in [0.25, 0.3) is 11.1 Å². The summed E-state index contributed by atoms with van der Waals surface area (Å²) in [5, 5.41) is 32.4. The van der Waals surface area contributed by atoms with Crippen molar-refractivity contribution in [1.29, 1.82) is 5.26 Å². The van der Waals surface area contributed by atoms with Crippen molar-refractivity contribution in [2.75, 3.05) is 13.2 Å². The number of Topliss-reactive ketones (excluding diaryl/α,β-unsaturated/α-hetero) is 1. The lowest BCUT2D eigenvalue weighted by molar-refractivity contribution is 0.0132. The second-order valence-electron chi connectivity index (χ2n) is 8.40. The highest BCUT2D eigenvalue weighted by molar-refractivity contribution is 5.98. The average molecular weight is 471 g/mol. The van der Waals surface area contributed by atoms with Gasteiger partial charge in [-0.2, -0.15) is 5.26 Å². The number of hydrogen-bond donors (Lipinski definition) is 3. The number of nitrogens with zero attached hydrogens (tertiary/aromatic N) is 1. The molecule has 2 atom stereocenters. The number of carbonyl (C=O) groups excluding carboxylic acids is 2. The monoisotopic (exact) mass is 470 g/mol. The van der Waals surface area contributed by atoms with E-state index in [9.17, 15) is 19.8 Å². The Morgan fingerprint density at radius 1 is 0.943 bits per heavy atom. The highest BCUT2D eigenvalue weighted by atomic mass is 16.5. The van der Waals surface area contributed by atoms with Gasteiger partial charge < -0.3 is 20.3 Å². The molecule has 0 fully saturated rings. The topological polar surface area (TPSA) is 120 Å². The molecule has 0 bridgehead atoms. The Bertz CT molecular complexity index is 1220. The van der Waals surface area contributed by atoms with Crippen LogP contribution in [-0.2, 0) is 4.74 Å². The Balaban J connectivity index is 1.30. The van der Waals surface area contributed by atoms with Gasteiger partial charge in [0.15, 0.2) is 5.78 Å². The zero-order chi connectivity index (χ0) is 24.8. The maximum Gasteiger partial charge on any atom is 0.407 e. The summed E-state index contributed by atoms with van der Waals surface area (Å²) in [5.41, 5.74) is 4.96. The number of rotatable bonds is 9. The summed E-state index contributed by atoms with van der Waals surface area (Å²) in [6.07, 6.45) is -3.44. The Labute approximate surface area is 203 Å². The van der Waals surface area contributed by atoms with Crippen LogP contribution in [0.1, 0.15) is 51.9 Å². The van der Waals surface area contributed by atoms with Gasteiger partial charge in [0.1, 0.15) is 12.7 Å². The highest BCUT2D eigenvalue weighted by Gasteiger charge is 2.29. The Morgan fingerprint density at radius 2 is 1.54 bits per heavy atom. The van der Waals surface area contributed by atoms with Gasteiger partial charge in [0, 0.05) is 18.0 Å². The third-order valence-corrected chi connectivity index (χ3v) is 6.24. The van der Waals surface area contributed by atoms with Crippen molar-refractivity contribution in [3.63, 3.8) is 0 Å². The first-order valence-electron chi connectivity index (χ1n) is 11.4. The van der Waals surface area contributed by atoms with Gasteiger partial charge in [0.2, 0.25) is 0 Å². The first kappa shape index (κ1) is 24.1. The van der Waals surface area contributed by atoms with Crippen LogP contribution in [0.5, 0.6) is 0 Å². The van der Waals surface area contributed by atoms with Crippen LogP contribution >= 0.6 is 0 Å². The SMILES string of the molecule is N#CCC(=O)c1ccccc1C(O)C(O)CCNC(=O)OCC1c2ccccc2-c2ccccc21. The molecule has 0 saturated heterocycles. The van der Waals surface area contributed by atoms with E-state index in [2.05, 4.69) is 17.4 Å². The molecule has 1 amide bonds. The van der Waals surface area contributed by atoms with Gasteiger partial charge in [-0.15, -0.1) is 0 Å². The van der Waals surface area contributed by atoms with Gasteiger partial charge in [0.25, 0.3) is 0 Å². The number of hydrogen-bond acceptors (Lipinski definition) is 6. The molecule has 0 aliphatic heterocycles. The smallest absolute Gasteiger partial charge is 0.407 e. The quantitative estimate of drug-likeness (QED) is 0.405. The number of aliphatic hydroxyl groups is 2. The fourth-order valence-electron chi connectivity index (χ4n) is 4.51. The van der Waals surface area contributed by atoms with E-state index in [4.69, 9.17) is 10.00 Å². The molecule has 178 valence electrons. The van der Waals surface area contributed by atoms with Gasteiger partial charge in [-0.3, -0.25) is 4.79 Å². The van der Waals surface area contributed by atoms with Crippen LogP contribution in [-0.4, -0.2) is 41.3 Å². The molecular formula is C28H26N2O5. The normalized spacial score (nSPS) is 13.7. The number of nitriles is 1. The molecule has 0 aromatic heterocycles. The first-order valence-corrected chi connectivity index (χ1v) is 11.4. The molecule has 35 heavy (non-hydrogen) atoms. The maximum absolute atomic E-state index is 12.3. The van der Waals surface area contributed by atoms with Crippen molar-refractivity contribution < 1.29 is 24.5 Å². The predicted molar refractivity (Wildman–Crippen MR) is 130 cm³/mol. The third kappa shape index (κ3) is 5.24. The summed E-state index contributed by atoms with van der Waals surface area (Å²) in [5.74, 6) is -0.478. The molecule has 0 spiro atoms. The second-order valence-corrected chi connectivity index (χ2v) is 8.40. The Hall–Kier alpha value is -3.99. The minimum Gasteiger partial charge on any atom is -0.449 e. The number of alkyl carbamates (subject to hydrolysis) is 1. The average Bonchev–Trinajstić information content (AvgIpc) is 3.20. The van der Waals surface area contributed by atoms with Gasteiger partial charge >= 0.3 is 6.09 Å². The molecule has 7 heteroatoms. The first-order chi connectivity index (χ1) is 17.0. The molecule has 0 radical (unpaired) electrons. The number of aliphatic hydroxyl groups excluding tert-OH is 2. The second kappa shape index (κ2) is 11.0. The zero-order valence-corrected chi connectivity index (χ0v) is 19.1. The van der Waals surface area contributed by atoms with E-state index in [1.165, 1.54) is 12.1 Å².